The Morgan fingerprint density at radius 2 is 1.93 bits per heavy atom. The first-order chi connectivity index (χ1) is 19.1. The van der Waals surface area contributed by atoms with Crippen molar-refractivity contribution in [2.24, 2.45) is 5.92 Å². The Kier molecular flexibility index (Phi) is 7.57. The monoisotopic (exact) mass is 582 g/mol. The van der Waals surface area contributed by atoms with E-state index in [1.54, 1.807) is 37.3 Å². The number of thiazole rings is 1. The molecule has 1 aliphatic heterocycles. The summed E-state index contributed by atoms with van der Waals surface area (Å²) in [6.45, 7) is 6.39. The van der Waals surface area contributed by atoms with Crippen molar-refractivity contribution in [1.29, 1.82) is 0 Å². The van der Waals surface area contributed by atoms with Crippen molar-refractivity contribution in [2.45, 2.75) is 33.2 Å². The Hall–Kier alpha value is -3.89. The minimum Gasteiger partial charge on any atom is -0.493 e. The van der Waals surface area contributed by atoms with Gasteiger partial charge in [-0.2, -0.15) is 0 Å². The Morgan fingerprint density at radius 3 is 2.62 bits per heavy atom. The summed E-state index contributed by atoms with van der Waals surface area (Å²) >= 11 is 7.19. The molecule has 0 radical (unpaired) electrons. The predicted molar refractivity (Wildman–Crippen MR) is 152 cm³/mol. The molecule has 208 valence electrons. The molecule has 9 nitrogen and oxygen atoms in total. The second-order valence-electron chi connectivity index (χ2n) is 9.74. The molecule has 1 aliphatic rings. The average molecular weight is 583 g/mol. The lowest BCUT2D eigenvalue weighted by Gasteiger charge is -2.23. The lowest BCUT2D eigenvalue weighted by molar-refractivity contribution is 0.0605. The Morgan fingerprint density at radius 1 is 1.15 bits per heavy atom. The molecule has 0 N–H and O–H groups in total. The number of halogens is 1. The van der Waals surface area contributed by atoms with Crippen molar-refractivity contribution in [3.8, 4) is 11.5 Å². The summed E-state index contributed by atoms with van der Waals surface area (Å²) in [4.78, 5) is 46.2. The van der Waals surface area contributed by atoms with Gasteiger partial charge in [0.1, 0.15) is 10.5 Å². The molecule has 1 atom stereocenters. The smallest absolute Gasteiger partial charge is 0.350 e. The number of anilines is 1. The molecule has 0 saturated carbocycles. The Balaban J connectivity index is 1.70. The normalized spacial score (nSPS) is 14.6. The highest BCUT2D eigenvalue weighted by atomic mass is 35.5. The van der Waals surface area contributed by atoms with Gasteiger partial charge in [0.25, 0.3) is 5.91 Å². The summed E-state index contributed by atoms with van der Waals surface area (Å²) in [5.74, 6) is 0.225. The maximum atomic E-state index is 13.9. The summed E-state index contributed by atoms with van der Waals surface area (Å²) < 4.78 is 22.5. The summed E-state index contributed by atoms with van der Waals surface area (Å²) in [5, 5.41) is 0.828. The van der Waals surface area contributed by atoms with Crippen LogP contribution in [0.5, 0.6) is 11.5 Å². The molecule has 4 aromatic rings. The Bertz CT molecular complexity index is 1690. The van der Waals surface area contributed by atoms with Crippen LogP contribution in [0.2, 0.25) is 5.02 Å². The average Bonchev–Trinajstić information content (AvgIpc) is 3.45. The number of amides is 1. The van der Waals surface area contributed by atoms with Crippen LogP contribution in [0.1, 0.15) is 63.4 Å². The van der Waals surface area contributed by atoms with Crippen LogP contribution < -0.4 is 19.8 Å². The molecule has 0 fully saturated rings. The molecule has 40 heavy (non-hydrogen) atoms. The molecule has 0 spiro atoms. The molecule has 1 unspecified atom stereocenters. The number of benzene rings is 2. The number of hydrogen-bond donors (Lipinski definition) is 0. The second-order valence-corrected chi connectivity index (χ2v) is 11.1. The number of ether oxygens (including phenoxy) is 3. The summed E-state index contributed by atoms with van der Waals surface area (Å²) in [6.07, 6.45) is 0.867. The van der Waals surface area contributed by atoms with Gasteiger partial charge < -0.3 is 18.6 Å². The highest BCUT2D eigenvalue weighted by molar-refractivity contribution is 7.17. The molecular weight excluding hydrogens is 556 g/mol. The van der Waals surface area contributed by atoms with Crippen molar-refractivity contribution in [1.82, 2.24) is 4.98 Å². The van der Waals surface area contributed by atoms with Gasteiger partial charge in [-0.25, -0.2) is 9.78 Å². The van der Waals surface area contributed by atoms with Crippen LogP contribution in [-0.4, -0.2) is 37.7 Å². The van der Waals surface area contributed by atoms with Gasteiger partial charge >= 0.3 is 5.97 Å². The molecule has 3 heterocycles. The molecule has 1 amide bonds. The molecule has 0 bridgehead atoms. The van der Waals surface area contributed by atoms with E-state index >= 15 is 0 Å². The topological polar surface area (TPSA) is 108 Å². The number of methoxy groups -OCH3 is 2. The van der Waals surface area contributed by atoms with E-state index in [0.29, 0.717) is 40.3 Å². The number of carbonyl (C=O) groups excluding carboxylic acids is 2. The summed E-state index contributed by atoms with van der Waals surface area (Å²) in [5.41, 5.74) is 0.956. The SMILES string of the molecule is COC(=O)c1sc(N2C(=O)c3oc4ccc(Cl)cc4c(=O)c3C2c2ccc(OCCC(C)C)c(OC)c2)nc1C. The molecule has 5 rings (SSSR count). The van der Waals surface area contributed by atoms with Crippen LogP contribution in [0.3, 0.4) is 0 Å². The fraction of sp³-hybridized carbons (Fsp3) is 0.310. The van der Waals surface area contributed by atoms with Crippen molar-refractivity contribution in [2.75, 3.05) is 25.7 Å². The van der Waals surface area contributed by atoms with E-state index in [1.165, 1.54) is 25.2 Å². The number of aryl methyl sites for hydroxylation is 1. The van der Waals surface area contributed by atoms with Crippen molar-refractivity contribution in [3.05, 3.63) is 79.1 Å². The number of carbonyl (C=O) groups is 2. The first-order valence-corrected chi connectivity index (χ1v) is 13.8. The van der Waals surface area contributed by atoms with E-state index in [1.807, 2.05) is 0 Å². The maximum absolute atomic E-state index is 13.9. The third-order valence-corrected chi connectivity index (χ3v) is 8.02. The van der Waals surface area contributed by atoms with Crippen molar-refractivity contribution in [3.63, 3.8) is 0 Å². The standard InChI is InChI=1S/C29H27ClN2O7S/c1-14(2)10-11-38-20-8-6-16(12-21(20)36-4)23-22-24(33)18-13-17(30)7-9-19(18)39-25(22)27(34)32(23)29-31-15(3)26(40-29)28(35)37-5/h6-9,12-14,23H,10-11H2,1-5H3. The molecule has 2 aromatic heterocycles. The molecule has 0 aliphatic carbocycles. The van der Waals surface area contributed by atoms with E-state index in [4.69, 9.17) is 30.2 Å². The fourth-order valence-electron chi connectivity index (χ4n) is 4.60. The molecular formula is C29H27ClN2O7S. The van der Waals surface area contributed by atoms with Gasteiger partial charge in [0, 0.05) is 5.02 Å². The van der Waals surface area contributed by atoms with Gasteiger partial charge in [0.05, 0.1) is 43.5 Å². The van der Waals surface area contributed by atoms with Crippen LogP contribution in [0, 0.1) is 12.8 Å². The van der Waals surface area contributed by atoms with E-state index in [-0.39, 0.29) is 32.3 Å². The first kappa shape index (κ1) is 27.7. The zero-order valence-electron chi connectivity index (χ0n) is 22.6. The highest BCUT2D eigenvalue weighted by Gasteiger charge is 2.45. The van der Waals surface area contributed by atoms with Crippen molar-refractivity contribution >= 4 is 50.9 Å². The zero-order valence-corrected chi connectivity index (χ0v) is 24.1. The number of fused-ring (bicyclic) bond motifs is 2. The summed E-state index contributed by atoms with van der Waals surface area (Å²) in [7, 11) is 2.80. The van der Waals surface area contributed by atoms with Crippen LogP contribution >= 0.6 is 22.9 Å². The van der Waals surface area contributed by atoms with E-state index in [9.17, 15) is 14.4 Å². The number of hydrogen-bond acceptors (Lipinski definition) is 9. The first-order valence-electron chi connectivity index (χ1n) is 12.6. The third kappa shape index (κ3) is 4.82. The minimum absolute atomic E-state index is 0.103. The van der Waals surface area contributed by atoms with E-state index in [0.717, 1.165) is 17.8 Å². The fourth-order valence-corrected chi connectivity index (χ4v) is 5.79. The van der Waals surface area contributed by atoms with Crippen LogP contribution in [0.25, 0.3) is 11.0 Å². The zero-order chi connectivity index (χ0) is 28.7. The third-order valence-electron chi connectivity index (χ3n) is 6.65. The number of nitrogens with zero attached hydrogens (tertiary/aromatic N) is 2. The maximum Gasteiger partial charge on any atom is 0.350 e. The predicted octanol–water partition coefficient (Wildman–Crippen LogP) is 6.18. The number of esters is 1. The van der Waals surface area contributed by atoms with Crippen LogP contribution in [0.15, 0.2) is 45.6 Å². The van der Waals surface area contributed by atoms with Gasteiger partial charge in [-0.1, -0.05) is 42.9 Å². The van der Waals surface area contributed by atoms with Crippen molar-refractivity contribution < 1.29 is 28.2 Å². The van der Waals surface area contributed by atoms with Crippen LogP contribution in [0.4, 0.5) is 5.13 Å². The van der Waals surface area contributed by atoms with E-state index < -0.39 is 23.3 Å². The van der Waals surface area contributed by atoms with E-state index in [2.05, 4.69) is 18.8 Å². The molecule has 0 saturated heterocycles. The van der Waals surface area contributed by atoms with Gasteiger partial charge in [0.2, 0.25) is 5.76 Å². The largest absolute Gasteiger partial charge is 0.493 e. The number of aromatic nitrogens is 1. The number of rotatable bonds is 8. The lowest BCUT2D eigenvalue weighted by atomic mass is 9.98. The second kappa shape index (κ2) is 10.9. The van der Waals surface area contributed by atoms with Crippen LogP contribution in [-0.2, 0) is 4.74 Å². The molecule has 2 aromatic carbocycles. The van der Waals surface area contributed by atoms with Gasteiger partial charge in [0.15, 0.2) is 22.1 Å². The van der Waals surface area contributed by atoms with Gasteiger partial charge in [-0.3, -0.25) is 14.5 Å². The molecule has 11 heteroatoms. The quantitative estimate of drug-likeness (QED) is 0.227. The minimum atomic E-state index is -0.920. The Labute approximate surface area is 239 Å². The summed E-state index contributed by atoms with van der Waals surface area (Å²) in [6, 6.07) is 8.99. The highest BCUT2D eigenvalue weighted by Crippen LogP contribution is 2.45. The van der Waals surface area contributed by atoms with Gasteiger partial charge in [-0.15, -0.1) is 0 Å². The lowest BCUT2D eigenvalue weighted by Crippen LogP contribution is -2.29. The van der Waals surface area contributed by atoms with Gasteiger partial charge in [-0.05, 0) is 55.2 Å².